The lowest BCUT2D eigenvalue weighted by Gasteiger charge is -2.26. The highest BCUT2D eigenvalue weighted by atomic mass is 16.5. The van der Waals surface area contributed by atoms with Gasteiger partial charge in [0, 0.05) is 6.54 Å². The lowest BCUT2D eigenvalue weighted by atomic mass is 9.87. The molecule has 1 fully saturated rings. The van der Waals surface area contributed by atoms with Gasteiger partial charge in [0.2, 0.25) is 0 Å². The van der Waals surface area contributed by atoms with Crippen molar-refractivity contribution in [3.63, 3.8) is 0 Å². The summed E-state index contributed by atoms with van der Waals surface area (Å²) in [6, 6.07) is 0. The zero-order valence-corrected chi connectivity index (χ0v) is 7.76. The second-order valence-electron chi connectivity index (χ2n) is 4.43. The summed E-state index contributed by atoms with van der Waals surface area (Å²) in [5, 5.41) is 0. The van der Waals surface area contributed by atoms with Crippen LogP contribution in [-0.4, -0.2) is 18.8 Å². The summed E-state index contributed by atoms with van der Waals surface area (Å²) in [4.78, 5) is 0. The zero-order chi connectivity index (χ0) is 8.48. The molecule has 0 radical (unpaired) electrons. The van der Waals surface area contributed by atoms with Gasteiger partial charge in [-0.1, -0.05) is 20.8 Å². The summed E-state index contributed by atoms with van der Waals surface area (Å²) in [5.74, 6) is 0. The lowest BCUT2D eigenvalue weighted by molar-refractivity contribution is -0.0117. The number of hydrogen-bond donors (Lipinski definition) is 1. The molecule has 0 saturated carbocycles. The van der Waals surface area contributed by atoms with Crippen LogP contribution in [0.3, 0.4) is 0 Å². The Kier molecular flexibility index (Phi) is 2.55. The van der Waals surface area contributed by atoms with Crippen molar-refractivity contribution in [2.75, 3.05) is 6.54 Å². The minimum atomic E-state index is 0.282. The molecule has 0 aromatic carbocycles. The van der Waals surface area contributed by atoms with Crippen LogP contribution in [0.1, 0.15) is 33.6 Å². The van der Waals surface area contributed by atoms with Gasteiger partial charge in [-0.05, 0) is 18.3 Å². The molecule has 66 valence electrons. The smallest absolute Gasteiger partial charge is 0.0702 e. The van der Waals surface area contributed by atoms with Gasteiger partial charge >= 0.3 is 0 Å². The summed E-state index contributed by atoms with van der Waals surface area (Å²) < 4.78 is 5.75. The summed E-state index contributed by atoms with van der Waals surface area (Å²) in [5.41, 5.74) is 5.80. The normalized spacial score (nSPS) is 32.7. The zero-order valence-electron chi connectivity index (χ0n) is 7.76. The van der Waals surface area contributed by atoms with Crippen LogP contribution < -0.4 is 5.73 Å². The summed E-state index contributed by atoms with van der Waals surface area (Å²) in [7, 11) is 0. The molecule has 1 saturated heterocycles. The van der Waals surface area contributed by atoms with Gasteiger partial charge in [0.15, 0.2) is 0 Å². The molecule has 0 bridgehead atoms. The Morgan fingerprint density at radius 2 is 2.00 bits per heavy atom. The van der Waals surface area contributed by atoms with Crippen molar-refractivity contribution in [2.24, 2.45) is 11.1 Å². The summed E-state index contributed by atoms with van der Waals surface area (Å²) in [6.07, 6.45) is 3.04. The molecule has 2 heteroatoms. The molecule has 2 N–H and O–H groups in total. The average molecular weight is 157 g/mol. The molecule has 2 unspecified atom stereocenters. The van der Waals surface area contributed by atoms with Crippen molar-refractivity contribution in [1.82, 2.24) is 0 Å². The molecule has 1 aliphatic rings. The van der Waals surface area contributed by atoms with Gasteiger partial charge in [-0.25, -0.2) is 0 Å². The van der Waals surface area contributed by atoms with Gasteiger partial charge in [0.05, 0.1) is 12.2 Å². The Bertz CT molecular complexity index is 128. The Balaban J connectivity index is 2.42. The largest absolute Gasteiger partial charge is 0.373 e. The van der Waals surface area contributed by atoms with E-state index in [9.17, 15) is 0 Å². The monoisotopic (exact) mass is 157 g/mol. The third-order valence-corrected chi connectivity index (χ3v) is 2.34. The van der Waals surface area contributed by atoms with E-state index >= 15 is 0 Å². The highest BCUT2D eigenvalue weighted by Gasteiger charge is 2.32. The van der Waals surface area contributed by atoms with E-state index in [4.69, 9.17) is 10.5 Å². The molecule has 1 heterocycles. The van der Waals surface area contributed by atoms with Gasteiger partial charge in [-0.3, -0.25) is 0 Å². The quantitative estimate of drug-likeness (QED) is 0.626. The molecule has 11 heavy (non-hydrogen) atoms. The van der Waals surface area contributed by atoms with Gasteiger partial charge in [-0.2, -0.15) is 0 Å². The average Bonchev–Trinajstić information content (AvgIpc) is 2.32. The highest BCUT2D eigenvalue weighted by molar-refractivity contribution is 4.82. The first-order valence-electron chi connectivity index (χ1n) is 4.39. The SMILES string of the molecule is CC(C)(C)C1CCC(CN)O1. The molecule has 0 aliphatic carbocycles. The lowest BCUT2D eigenvalue weighted by Crippen LogP contribution is -2.28. The summed E-state index contributed by atoms with van der Waals surface area (Å²) in [6.45, 7) is 7.33. The molecule has 0 aromatic heterocycles. The number of ether oxygens (including phenoxy) is 1. The first kappa shape index (κ1) is 9.01. The molecule has 0 amide bonds. The molecule has 0 spiro atoms. The minimum absolute atomic E-state index is 0.282. The van der Waals surface area contributed by atoms with Crippen LogP contribution in [0.4, 0.5) is 0 Å². The van der Waals surface area contributed by atoms with Crippen molar-refractivity contribution in [2.45, 2.75) is 45.8 Å². The van der Waals surface area contributed by atoms with Gasteiger partial charge in [0.1, 0.15) is 0 Å². The fraction of sp³-hybridized carbons (Fsp3) is 1.00. The molecular formula is C9H19NO. The standard InChI is InChI=1S/C9H19NO/c1-9(2,3)8-5-4-7(6-10)11-8/h7-8H,4-6,10H2,1-3H3. The van der Waals surface area contributed by atoms with E-state index in [1.807, 2.05) is 0 Å². The molecule has 1 aliphatic heterocycles. The van der Waals surface area contributed by atoms with Gasteiger partial charge in [0.25, 0.3) is 0 Å². The van der Waals surface area contributed by atoms with E-state index in [-0.39, 0.29) is 5.41 Å². The Morgan fingerprint density at radius 3 is 2.27 bits per heavy atom. The maximum absolute atomic E-state index is 5.75. The molecule has 2 nitrogen and oxygen atoms in total. The van der Waals surface area contributed by atoms with E-state index in [0.29, 0.717) is 18.8 Å². The molecule has 1 rings (SSSR count). The highest BCUT2D eigenvalue weighted by Crippen LogP contribution is 2.32. The first-order chi connectivity index (χ1) is 5.04. The topological polar surface area (TPSA) is 35.2 Å². The third kappa shape index (κ3) is 2.17. The minimum Gasteiger partial charge on any atom is -0.373 e. The van der Waals surface area contributed by atoms with Crippen molar-refractivity contribution < 1.29 is 4.74 Å². The Labute approximate surface area is 69.1 Å². The molecule has 2 atom stereocenters. The van der Waals surface area contributed by atoms with Crippen molar-refractivity contribution in [3.8, 4) is 0 Å². The summed E-state index contributed by atoms with van der Waals surface area (Å²) >= 11 is 0. The van der Waals surface area contributed by atoms with E-state index < -0.39 is 0 Å². The van der Waals surface area contributed by atoms with Crippen LogP contribution in [0.5, 0.6) is 0 Å². The maximum Gasteiger partial charge on any atom is 0.0702 e. The van der Waals surface area contributed by atoms with Crippen LogP contribution in [0.25, 0.3) is 0 Å². The van der Waals surface area contributed by atoms with Crippen molar-refractivity contribution in [3.05, 3.63) is 0 Å². The molecular weight excluding hydrogens is 138 g/mol. The van der Waals surface area contributed by atoms with E-state index in [1.165, 1.54) is 6.42 Å². The van der Waals surface area contributed by atoms with Crippen molar-refractivity contribution in [1.29, 1.82) is 0 Å². The fourth-order valence-corrected chi connectivity index (χ4v) is 1.52. The van der Waals surface area contributed by atoms with Crippen LogP contribution in [0.15, 0.2) is 0 Å². The van der Waals surface area contributed by atoms with E-state index in [0.717, 1.165) is 6.42 Å². The van der Waals surface area contributed by atoms with Crippen LogP contribution in [-0.2, 0) is 4.74 Å². The maximum atomic E-state index is 5.75. The fourth-order valence-electron chi connectivity index (χ4n) is 1.52. The predicted molar refractivity (Wildman–Crippen MR) is 46.4 cm³/mol. The van der Waals surface area contributed by atoms with Gasteiger partial charge in [-0.15, -0.1) is 0 Å². The Hall–Kier alpha value is -0.0800. The third-order valence-electron chi connectivity index (χ3n) is 2.34. The van der Waals surface area contributed by atoms with E-state index in [1.54, 1.807) is 0 Å². The van der Waals surface area contributed by atoms with E-state index in [2.05, 4.69) is 20.8 Å². The van der Waals surface area contributed by atoms with Crippen LogP contribution in [0, 0.1) is 5.41 Å². The Morgan fingerprint density at radius 1 is 1.36 bits per heavy atom. The first-order valence-corrected chi connectivity index (χ1v) is 4.39. The number of nitrogens with two attached hydrogens (primary N) is 1. The second kappa shape index (κ2) is 3.11. The number of rotatable bonds is 1. The van der Waals surface area contributed by atoms with Gasteiger partial charge < -0.3 is 10.5 Å². The molecule has 0 aromatic rings. The second-order valence-corrected chi connectivity index (χ2v) is 4.43. The van der Waals surface area contributed by atoms with Crippen LogP contribution >= 0.6 is 0 Å². The van der Waals surface area contributed by atoms with Crippen molar-refractivity contribution >= 4 is 0 Å². The number of hydrogen-bond acceptors (Lipinski definition) is 2. The predicted octanol–water partition coefficient (Wildman–Crippen LogP) is 1.54. The van der Waals surface area contributed by atoms with Crippen LogP contribution in [0.2, 0.25) is 0 Å².